The Balaban J connectivity index is 3.83. The van der Waals surface area contributed by atoms with Gasteiger partial charge in [-0.2, -0.15) is 13.2 Å². The van der Waals surface area contributed by atoms with Crippen LogP contribution in [0, 0.1) is 5.41 Å². The highest BCUT2D eigenvalue weighted by Crippen LogP contribution is 2.45. The van der Waals surface area contributed by atoms with Crippen LogP contribution in [-0.4, -0.2) is 23.5 Å². The first-order valence-electron chi connectivity index (χ1n) is 8.84. The van der Waals surface area contributed by atoms with Gasteiger partial charge in [-0.15, -0.1) is 0 Å². The van der Waals surface area contributed by atoms with Crippen LogP contribution in [0.2, 0.25) is 0 Å². The van der Waals surface area contributed by atoms with E-state index >= 15 is 0 Å². The Morgan fingerprint density at radius 2 is 1.38 bits per heavy atom. The molecule has 0 aliphatic heterocycles. The minimum atomic E-state index is -4.31. The summed E-state index contributed by atoms with van der Waals surface area (Å²) in [5, 5.41) is -0.215. The predicted octanol–water partition coefficient (Wildman–Crippen LogP) is 2.51. The molecule has 0 spiro atoms. The first-order chi connectivity index (χ1) is 10.6. The molecule has 0 radical (unpaired) electrons. The van der Waals surface area contributed by atoms with Gasteiger partial charge in [0.15, 0.2) is 0 Å². The average molecular weight is 336 g/mol. The maximum atomic E-state index is 13.3. The summed E-state index contributed by atoms with van der Waals surface area (Å²) in [6.45, 7) is 12.6. The van der Waals surface area contributed by atoms with Gasteiger partial charge in [-0.1, -0.05) is 76.7 Å². The smallest absolute Gasteiger partial charge is 0.166 e. The van der Waals surface area contributed by atoms with Gasteiger partial charge in [0.05, 0.1) is 5.56 Å². The van der Waals surface area contributed by atoms with Crippen LogP contribution in [0.3, 0.4) is 0 Å². The second kappa shape index (κ2) is 6.50. The van der Waals surface area contributed by atoms with Crippen molar-refractivity contribution < 1.29 is 13.2 Å². The zero-order valence-corrected chi connectivity index (χ0v) is 16.7. The molecule has 1 aromatic carbocycles. The van der Waals surface area contributed by atoms with Crippen LogP contribution in [0.4, 0.5) is 13.2 Å². The molecule has 0 nitrogen and oxygen atoms in total. The summed E-state index contributed by atoms with van der Waals surface area (Å²) in [6, 6.07) is 2.69. The Kier molecular flexibility index (Phi) is 5.75. The summed E-state index contributed by atoms with van der Waals surface area (Å²) < 4.78 is 40.0. The fraction of sp³-hybridized carbons (Fsp3) is 0.667. The van der Waals surface area contributed by atoms with E-state index in [0.29, 0.717) is 0 Å². The molecule has 0 atom stereocenters. The summed E-state index contributed by atoms with van der Waals surface area (Å²) >= 11 is 0. The third-order valence-electron chi connectivity index (χ3n) is 6.17. The fourth-order valence-electron chi connectivity index (χ4n) is 3.81. The summed E-state index contributed by atoms with van der Waals surface area (Å²) in [6.07, 6.45) is -2.34. The molecule has 0 aromatic heterocycles. The van der Waals surface area contributed by atoms with E-state index < -0.39 is 11.7 Å². The lowest BCUT2D eigenvalue weighted by molar-refractivity contribution is -0.137. The first kappa shape index (κ1) is 21.2. The van der Waals surface area contributed by atoms with Crippen LogP contribution in [0.5, 0.6) is 0 Å². The van der Waals surface area contributed by atoms with E-state index in [2.05, 4.69) is 36.5 Å². The normalized spacial score (nSPS) is 14.0. The Morgan fingerprint density at radius 1 is 0.917 bits per heavy atom. The van der Waals surface area contributed by atoms with Crippen LogP contribution in [0.1, 0.15) is 71.1 Å². The van der Waals surface area contributed by atoms with E-state index in [4.69, 9.17) is 0 Å². The van der Waals surface area contributed by atoms with E-state index in [1.807, 2.05) is 28.6 Å². The number of alkyl halides is 3. The quantitative estimate of drug-likeness (QED) is 0.742. The van der Waals surface area contributed by atoms with Gasteiger partial charge in [0.2, 0.25) is 0 Å². The van der Waals surface area contributed by atoms with Gasteiger partial charge >= 0.3 is 6.18 Å². The molecule has 0 aliphatic rings. The monoisotopic (exact) mass is 336 g/mol. The minimum absolute atomic E-state index is 0.0253. The fourth-order valence-corrected chi connectivity index (χ4v) is 3.81. The van der Waals surface area contributed by atoms with E-state index in [0.717, 1.165) is 29.4 Å². The summed E-state index contributed by atoms with van der Waals surface area (Å²) in [4.78, 5) is 0. The van der Waals surface area contributed by atoms with Gasteiger partial charge in [0.1, 0.15) is 23.5 Å². The molecule has 0 amide bonds. The van der Waals surface area contributed by atoms with Crippen molar-refractivity contribution in [1.82, 2.24) is 0 Å². The molecule has 0 N–H and O–H groups in total. The third kappa shape index (κ3) is 3.73. The predicted molar refractivity (Wildman–Crippen MR) is 106 cm³/mol. The Morgan fingerprint density at radius 3 is 1.71 bits per heavy atom. The zero-order chi connectivity index (χ0) is 19.1. The maximum Gasteiger partial charge on any atom is 0.416 e. The van der Waals surface area contributed by atoms with Crippen LogP contribution in [0.15, 0.2) is 12.1 Å². The molecular weight excluding hydrogens is 306 g/mol. The number of halogens is 3. The van der Waals surface area contributed by atoms with Gasteiger partial charge in [0.25, 0.3) is 0 Å². The third-order valence-corrected chi connectivity index (χ3v) is 6.17. The van der Waals surface area contributed by atoms with Crippen molar-refractivity contribution in [1.29, 1.82) is 0 Å². The van der Waals surface area contributed by atoms with Crippen molar-refractivity contribution in [2.45, 2.75) is 71.2 Å². The standard InChI is InChI=1S/C18H30B3F3/c1-7-16(6,8-2)17(20,21)14-12(15(3,4)5)9-11(10-13(14)19)18(22,23)24/h9-10H,7-8,19-21H2,1-6H3. The highest BCUT2D eigenvalue weighted by Gasteiger charge is 2.43. The molecule has 1 aromatic rings. The van der Waals surface area contributed by atoms with E-state index in [9.17, 15) is 13.2 Å². The molecule has 24 heavy (non-hydrogen) atoms. The van der Waals surface area contributed by atoms with Crippen molar-refractivity contribution in [3.63, 3.8) is 0 Å². The number of rotatable bonds is 4. The lowest BCUT2D eigenvalue weighted by atomic mass is 9.37. The van der Waals surface area contributed by atoms with E-state index in [1.165, 1.54) is 12.1 Å². The molecular formula is C18H30B3F3. The van der Waals surface area contributed by atoms with Crippen LogP contribution in [-0.2, 0) is 16.8 Å². The van der Waals surface area contributed by atoms with E-state index in [-0.39, 0.29) is 16.0 Å². The van der Waals surface area contributed by atoms with Gasteiger partial charge in [-0.25, -0.2) is 0 Å². The van der Waals surface area contributed by atoms with Crippen molar-refractivity contribution >= 4 is 29.0 Å². The lowest BCUT2D eigenvalue weighted by Gasteiger charge is -2.48. The Bertz CT molecular complexity index is 595. The summed E-state index contributed by atoms with van der Waals surface area (Å²) in [5.41, 5.74) is 1.77. The van der Waals surface area contributed by atoms with E-state index in [1.54, 1.807) is 0 Å². The zero-order valence-electron chi connectivity index (χ0n) is 16.7. The van der Waals surface area contributed by atoms with Crippen molar-refractivity contribution in [2.24, 2.45) is 5.41 Å². The van der Waals surface area contributed by atoms with Crippen molar-refractivity contribution in [3.8, 4) is 0 Å². The second-order valence-corrected chi connectivity index (χ2v) is 8.86. The SMILES string of the molecule is Bc1cc(C(F)(F)F)cc(C(C)(C)C)c1C(B)(B)C(C)(CC)CC. The largest absolute Gasteiger partial charge is 0.416 e. The van der Waals surface area contributed by atoms with Gasteiger partial charge in [-0.05, 0) is 22.5 Å². The van der Waals surface area contributed by atoms with Gasteiger partial charge < -0.3 is 0 Å². The highest BCUT2D eigenvalue weighted by molar-refractivity contribution is 6.44. The van der Waals surface area contributed by atoms with Crippen LogP contribution in [0.25, 0.3) is 0 Å². The summed E-state index contributed by atoms with van der Waals surface area (Å²) in [7, 11) is 6.20. The Labute approximate surface area is 148 Å². The molecule has 0 heterocycles. The van der Waals surface area contributed by atoms with Crippen molar-refractivity contribution in [3.05, 3.63) is 28.8 Å². The molecule has 132 valence electrons. The number of hydrogen-bond acceptors (Lipinski definition) is 0. The second-order valence-electron chi connectivity index (χ2n) is 8.86. The molecule has 6 heteroatoms. The molecule has 0 unspecified atom stereocenters. The maximum absolute atomic E-state index is 13.3. The number of hydrogen-bond donors (Lipinski definition) is 0. The van der Waals surface area contributed by atoms with Crippen molar-refractivity contribution in [2.75, 3.05) is 0 Å². The first-order valence-corrected chi connectivity index (χ1v) is 8.84. The van der Waals surface area contributed by atoms with Gasteiger partial charge in [0, 0.05) is 0 Å². The summed E-state index contributed by atoms with van der Waals surface area (Å²) in [5.74, 6) is 0. The molecule has 0 fully saturated rings. The topological polar surface area (TPSA) is 0 Å². The minimum Gasteiger partial charge on any atom is -0.166 e. The molecule has 0 aliphatic carbocycles. The molecule has 0 saturated heterocycles. The highest BCUT2D eigenvalue weighted by atomic mass is 19.4. The molecule has 0 bridgehead atoms. The van der Waals surface area contributed by atoms with Crippen LogP contribution < -0.4 is 5.46 Å². The average Bonchev–Trinajstić information content (AvgIpc) is 2.42. The molecule has 0 saturated carbocycles. The number of benzene rings is 1. The Hall–Kier alpha value is -0.795. The molecule has 1 rings (SSSR count). The van der Waals surface area contributed by atoms with Gasteiger partial charge in [-0.3, -0.25) is 0 Å². The lowest BCUT2D eigenvalue weighted by Crippen LogP contribution is -2.49. The van der Waals surface area contributed by atoms with Crippen LogP contribution >= 0.6 is 0 Å².